The molecule has 1 aromatic rings. The molecule has 1 fully saturated rings. The highest BCUT2D eigenvalue weighted by Gasteiger charge is 2.22. The molecule has 2 N–H and O–H groups in total. The number of nitrogens with zero attached hydrogens (tertiary/aromatic N) is 1. The van der Waals surface area contributed by atoms with E-state index in [-0.39, 0.29) is 5.76 Å². The number of likely N-dealkylation sites (N-methyl/N-ethyl adjacent to an activating group) is 1. The molecule has 0 amide bonds. The van der Waals surface area contributed by atoms with Crippen LogP contribution in [-0.4, -0.2) is 42.2 Å². The maximum atomic E-state index is 10.6. The normalized spacial score (nSPS) is 16.7. The van der Waals surface area contributed by atoms with Crippen molar-refractivity contribution >= 4 is 5.97 Å². The maximum Gasteiger partial charge on any atom is 0.371 e. The molecule has 0 radical (unpaired) electrons. The average molecular weight is 210 g/mol. The summed E-state index contributed by atoms with van der Waals surface area (Å²) in [5.74, 6) is -0.318. The second kappa shape index (κ2) is 4.04. The fraction of sp³-hybridized carbons (Fsp3) is 0.500. The van der Waals surface area contributed by atoms with Gasteiger partial charge in [-0.05, 0) is 19.2 Å². The smallest absolute Gasteiger partial charge is 0.371 e. The molecular formula is C10H14N2O3. The van der Waals surface area contributed by atoms with Crippen LogP contribution in [-0.2, 0) is 6.54 Å². The van der Waals surface area contributed by atoms with Gasteiger partial charge in [-0.2, -0.15) is 0 Å². The quantitative estimate of drug-likeness (QED) is 0.752. The lowest BCUT2D eigenvalue weighted by atomic mass is 10.1. The van der Waals surface area contributed by atoms with E-state index in [1.807, 2.05) is 7.05 Å². The molecule has 1 aromatic heterocycles. The van der Waals surface area contributed by atoms with Crippen LogP contribution in [0.3, 0.4) is 0 Å². The van der Waals surface area contributed by atoms with Crippen LogP contribution in [0.4, 0.5) is 0 Å². The van der Waals surface area contributed by atoms with Gasteiger partial charge < -0.3 is 14.8 Å². The zero-order chi connectivity index (χ0) is 10.8. The number of furan rings is 1. The van der Waals surface area contributed by atoms with Crippen molar-refractivity contribution in [1.82, 2.24) is 10.2 Å². The summed E-state index contributed by atoms with van der Waals surface area (Å²) in [5, 5.41) is 11.9. The topological polar surface area (TPSA) is 65.7 Å². The molecule has 0 aromatic carbocycles. The fourth-order valence-corrected chi connectivity index (χ4v) is 1.54. The summed E-state index contributed by atoms with van der Waals surface area (Å²) in [4.78, 5) is 12.7. The molecule has 1 aliphatic heterocycles. The van der Waals surface area contributed by atoms with Gasteiger partial charge in [0.15, 0.2) is 0 Å². The number of carboxylic acid groups (broad SMARTS) is 1. The third-order valence-electron chi connectivity index (χ3n) is 2.66. The largest absolute Gasteiger partial charge is 0.475 e. The van der Waals surface area contributed by atoms with Crippen molar-refractivity contribution in [1.29, 1.82) is 0 Å². The van der Waals surface area contributed by atoms with Gasteiger partial charge in [0.2, 0.25) is 5.76 Å². The molecule has 15 heavy (non-hydrogen) atoms. The van der Waals surface area contributed by atoms with E-state index in [0.717, 1.165) is 13.1 Å². The van der Waals surface area contributed by atoms with Crippen LogP contribution in [0.2, 0.25) is 0 Å². The molecule has 2 rings (SSSR count). The first-order valence-corrected chi connectivity index (χ1v) is 4.90. The van der Waals surface area contributed by atoms with Gasteiger partial charge in [-0.15, -0.1) is 0 Å². The zero-order valence-corrected chi connectivity index (χ0v) is 8.56. The SMILES string of the molecule is CN(Cc1ccc(C(=O)O)o1)C1CNC1. The van der Waals surface area contributed by atoms with Gasteiger partial charge >= 0.3 is 5.97 Å². The van der Waals surface area contributed by atoms with E-state index < -0.39 is 5.97 Å². The number of aromatic carboxylic acids is 1. The molecule has 5 nitrogen and oxygen atoms in total. The zero-order valence-electron chi connectivity index (χ0n) is 8.56. The van der Waals surface area contributed by atoms with E-state index in [1.54, 1.807) is 6.07 Å². The summed E-state index contributed by atoms with van der Waals surface area (Å²) < 4.78 is 5.17. The number of rotatable bonds is 4. The van der Waals surface area contributed by atoms with Crippen molar-refractivity contribution in [2.45, 2.75) is 12.6 Å². The van der Waals surface area contributed by atoms with Gasteiger partial charge in [0.25, 0.3) is 0 Å². The summed E-state index contributed by atoms with van der Waals surface area (Å²) in [6.07, 6.45) is 0. The molecule has 0 unspecified atom stereocenters. The summed E-state index contributed by atoms with van der Waals surface area (Å²) in [5.41, 5.74) is 0. The molecule has 0 spiro atoms. The van der Waals surface area contributed by atoms with E-state index >= 15 is 0 Å². The first-order valence-electron chi connectivity index (χ1n) is 4.90. The van der Waals surface area contributed by atoms with Crippen LogP contribution in [0.25, 0.3) is 0 Å². The molecule has 1 aliphatic rings. The van der Waals surface area contributed by atoms with Crippen molar-refractivity contribution in [2.24, 2.45) is 0 Å². The van der Waals surface area contributed by atoms with E-state index in [4.69, 9.17) is 9.52 Å². The standard InChI is InChI=1S/C10H14N2O3/c1-12(7-4-11-5-7)6-8-2-3-9(15-8)10(13)14/h2-3,7,11H,4-6H2,1H3,(H,13,14). The van der Waals surface area contributed by atoms with Crippen molar-refractivity contribution in [3.8, 4) is 0 Å². The predicted molar refractivity (Wildman–Crippen MR) is 53.8 cm³/mol. The van der Waals surface area contributed by atoms with Gasteiger partial charge in [-0.25, -0.2) is 4.79 Å². The molecular weight excluding hydrogens is 196 g/mol. The van der Waals surface area contributed by atoms with Crippen LogP contribution in [0.1, 0.15) is 16.3 Å². The number of carbonyl (C=O) groups is 1. The van der Waals surface area contributed by atoms with Crippen LogP contribution in [0, 0.1) is 0 Å². The molecule has 82 valence electrons. The highest BCUT2D eigenvalue weighted by Crippen LogP contribution is 2.12. The molecule has 0 bridgehead atoms. The lowest BCUT2D eigenvalue weighted by molar-refractivity contribution is 0.0657. The van der Waals surface area contributed by atoms with Crippen LogP contribution in [0.15, 0.2) is 16.5 Å². The molecule has 0 saturated carbocycles. The predicted octanol–water partition coefficient (Wildman–Crippen LogP) is 0.381. The Labute approximate surface area is 87.7 Å². The minimum absolute atomic E-state index is 0.00475. The minimum atomic E-state index is -1.02. The Balaban J connectivity index is 1.94. The van der Waals surface area contributed by atoms with Crippen LogP contribution in [0.5, 0.6) is 0 Å². The maximum absolute atomic E-state index is 10.6. The first-order chi connectivity index (χ1) is 7.16. The minimum Gasteiger partial charge on any atom is -0.475 e. The van der Waals surface area contributed by atoms with E-state index in [1.165, 1.54) is 6.07 Å². The van der Waals surface area contributed by atoms with Crippen molar-refractivity contribution < 1.29 is 14.3 Å². The lowest BCUT2D eigenvalue weighted by Crippen LogP contribution is -2.55. The molecule has 1 saturated heterocycles. The molecule has 2 heterocycles. The Morgan fingerprint density at radius 2 is 2.40 bits per heavy atom. The Kier molecular flexibility index (Phi) is 2.75. The third kappa shape index (κ3) is 2.19. The second-order valence-electron chi connectivity index (χ2n) is 3.80. The van der Waals surface area contributed by atoms with Crippen LogP contribution >= 0.6 is 0 Å². The summed E-state index contributed by atoms with van der Waals surface area (Å²) in [6.45, 7) is 2.63. The molecule has 0 aliphatic carbocycles. The number of nitrogens with one attached hydrogen (secondary N) is 1. The fourth-order valence-electron chi connectivity index (χ4n) is 1.54. The summed E-state index contributed by atoms with van der Waals surface area (Å²) in [7, 11) is 2.01. The monoisotopic (exact) mass is 210 g/mol. The van der Waals surface area contributed by atoms with Gasteiger partial charge in [-0.3, -0.25) is 4.90 Å². The Bertz CT molecular complexity index is 357. The van der Waals surface area contributed by atoms with E-state index in [2.05, 4.69) is 10.2 Å². The van der Waals surface area contributed by atoms with Gasteiger partial charge in [-0.1, -0.05) is 0 Å². The van der Waals surface area contributed by atoms with Crippen molar-refractivity contribution in [2.75, 3.05) is 20.1 Å². The third-order valence-corrected chi connectivity index (χ3v) is 2.66. The van der Waals surface area contributed by atoms with Crippen molar-refractivity contribution in [3.63, 3.8) is 0 Å². The van der Waals surface area contributed by atoms with E-state index in [0.29, 0.717) is 18.3 Å². The Morgan fingerprint density at radius 3 is 2.87 bits per heavy atom. The number of hydrogen-bond acceptors (Lipinski definition) is 4. The molecule has 5 heteroatoms. The number of carboxylic acids is 1. The van der Waals surface area contributed by atoms with Gasteiger partial charge in [0, 0.05) is 19.1 Å². The second-order valence-corrected chi connectivity index (χ2v) is 3.80. The van der Waals surface area contributed by atoms with E-state index in [9.17, 15) is 4.79 Å². The van der Waals surface area contributed by atoms with Gasteiger partial charge in [0.1, 0.15) is 5.76 Å². The Hall–Kier alpha value is -1.33. The van der Waals surface area contributed by atoms with Gasteiger partial charge in [0.05, 0.1) is 6.54 Å². The highest BCUT2D eigenvalue weighted by molar-refractivity contribution is 5.84. The number of hydrogen-bond donors (Lipinski definition) is 2. The van der Waals surface area contributed by atoms with Crippen LogP contribution < -0.4 is 5.32 Å². The molecule has 0 atom stereocenters. The summed E-state index contributed by atoms with van der Waals surface area (Å²) >= 11 is 0. The van der Waals surface area contributed by atoms with Crippen molar-refractivity contribution in [3.05, 3.63) is 23.7 Å². The average Bonchev–Trinajstić information content (AvgIpc) is 2.48. The summed E-state index contributed by atoms with van der Waals surface area (Å²) in [6, 6.07) is 3.74. The first kappa shape index (κ1) is 10.2. The highest BCUT2D eigenvalue weighted by atomic mass is 16.4. The lowest BCUT2D eigenvalue weighted by Gasteiger charge is -2.35. The Morgan fingerprint density at radius 1 is 1.67 bits per heavy atom.